The van der Waals surface area contributed by atoms with Crippen LogP contribution in [0, 0.1) is 5.82 Å². The Balaban J connectivity index is 1.27. The number of nitrogens with zero attached hydrogens (tertiary/aromatic N) is 7. The van der Waals surface area contributed by atoms with Gasteiger partial charge in [-0.3, -0.25) is 4.90 Å². The summed E-state index contributed by atoms with van der Waals surface area (Å²) in [5.74, 6) is 1.75. The molecule has 1 aromatic carbocycles. The summed E-state index contributed by atoms with van der Waals surface area (Å²) in [4.78, 5) is 18.6. The minimum Gasteiger partial charge on any atom is -0.353 e. The predicted molar refractivity (Wildman–Crippen MR) is 125 cm³/mol. The second kappa shape index (κ2) is 8.04. The van der Waals surface area contributed by atoms with Crippen LogP contribution in [0.1, 0.15) is 12.8 Å². The summed E-state index contributed by atoms with van der Waals surface area (Å²) < 4.78 is 15.9. The zero-order valence-electron chi connectivity index (χ0n) is 18.3. The molecule has 7 nitrogen and oxygen atoms in total. The van der Waals surface area contributed by atoms with E-state index in [-0.39, 0.29) is 5.82 Å². The number of aromatic nitrogens is 5. The first kappa shape index (κ1) is 20.0. The van der Waals surface area contributed by atoms with Gasteiger partial charge in [-0.1, -0.05) is 18.2 Å². The van der Waals surface area contributed by atoms with Gasteiger partial charge < -0.3 is 4.90 Å². The van der Waals surface area contributed by atoms with E-state index in [9.17, 15) is 4.39 Å². The average Bonchev–Trinajstić information content (AvgIpc) is 3.40. The summed E-state index contributed by atoms with van der Waals surface area (Å²) in [7, 11) is 2.24. The Hall–Kier alpha value is -3.65. The highest BCUT2D eigenvalue weighted by atomic mass is 19.1. The lowest BCUT2D eigenvalue weighted by atomic mass is 10.2. The van der Waals surface area contributed by atoms with Crippen molar-refractivity contribution in [3.63, 3.8) is 0 Å². The van der Waals surface area contributed by atoms with E-state index in [1.54, 1.807) is 41.3 Å². The van der Waals surface area contributed by atoms with Crippen LogP contribution in [0.25, 0.3) is 28.5 Å². The molecule has 2 unspecified atom stereocenters. The van der Waals surface area contributed by atoms with E-state index in [1.807, 2.05) is 18.3 Å². The lowest BCUT2D eigenvalue weighted by Crippen LogP contribution is -2.52. The first-order chi connectivity index (χ1) is 16.2. The molecule has 166 valence electrons. The summed E-state index contributed by atoms with van der Waals surface area (Å²) >= 11 is 0. The number of anilines is 1. The van der Waals surface area contributed by atoms with Crippen LogP contribution in [0.2, 0.25) is 0 Å². The van der Waals surface area contributed by atoms with E-state index in [2.05, 4.69) is 38.0 Å². The van der Waals surface area contributed by atoms with Crippen LogP contribution in [-0.4, -0.2) is 61.9 Å². The Bertz CT molecular complexity index is 1290. The Labute approximate surface area is 191 Å². The van der Waals surface area contributed by atoms with Crippen molar-refractivity contribution in [3.8, 4) is 28.5 Å². The predicted octanol–water partition coefficient (Wildman–Crippen LogP) is 3.81. The number of hydrogen-bond donors (Lipinski definition) is 0. The molecule has 6 rings (SSSR count). The number of fused-ring (bicyclic) bond motifs is 2. The van der Waals surface area contributed by atoms with Gasteiger partial charge in [-0.25, -0.2) is 24.0 Å². The van der Waals surface area contributed by atoms with E-state index in [0.29, 0.717) is 29.2 Å². The Kier molecular flexibility index (Phi) is 4.87. The fourth-order valence-electron chi connectivity index (χ4n) is 4.89. The number of pyridine rings is 1. The Morgan fingerprint density at radius 2 is 1.70 bits per heavy atom. The lowest BCUT2D eigenvalue weighted by Gasteiger charge is -2.39. The Morgan fingerprint density at radius 1 is 0.909 bits per heavy atom. The smallest absolute Gasteiger partial charge is 0.162 e. The van der Waals surface area contributed by atoms with Gasteiger partial charge in [0.25, 0.3) is 0 Å². The molecule has 33 heavy (non-hydrogen) atoms. The molecule has 2 aliphatic rings. The number of piperazine rings is 1. The second-order valence-corrected chi connectivity index (χ2v) is 8.73. The molecule has 2 saturated heterocycles. The molecule has 0 amide bonds. The highest BCUT2D eigenvalue weighted by Gasteiger charge is 2.37. The van der Waals surface area contributed by atoms with Gasteiger partial charge in [-0.2, -0.15) is 5.10 Å². The summed E-state index contributed by atoms with van der Waals surface area (Å²) in [6, 6.07) is 15.6. The lowest BCUT2D eigenvalue weighted by molar-refractivity contribution is 0.212. The Morgan fingerprint density at radius 3 is 2.52 bits per heavy atom. The van der Waals surface area contributed by atoms with Crippen LogP contribution >= 0.6 is 0 Å². The average molecular weight is 442 g/mol. The van der Waals surface area contributed by atoms with Gasteiger partial charge in [-0.15, -0.1) is 0 Å². The largest absolute Gasteiger partial charge is 0.353 e. The van der Waals surface area contributed by atoms with Gasteiger partial charge in [-0.05, 0) is 50.2 Å². The van der Waals surface area contributed by atoms with Gasteiger partial charge in [0.05, 0.1) is 17.5 Å². The van der Waals surface area contributed by atoms with Crippen molar-refractivity contribution in [1.82, 2.24) is 29.6 Å². The maximum Gasteiger partial charge on any atom is 0.162 e. The van der Waals surface area contributed by atoms with Crippen LogP contribution in [0.15, 0.2) is 67.1 Å². The molecular formula is C25H24FN7. The van der Waals surface area contributed by atoms with Gasteiger partial charge >= 0.3 is 0 Å². The van der Waals surface area contributed by atoms with E-state index in [0.717, 1.165) is 30.3 Å². The standard InChI is InChI=1S/C25H24FN7/c1-31-18-9-10-19(31)16-32(15-18)23-7-4-8-24(30-23)33-14-17(13-28-33)22-11-12-27-25(29-22)20-5-2-3-6-21(20)26/h2-8,11-14,18-19H,9-10,15-16H2,1H3. The molecule has 4 aromatic rings. The van der Waals surface area contributed by atoms with Crippen LogP contribution in [0.4, 0.5) is 10.2 Å². The zero-order chi connectivity index (χ0) is 22.4. The first-order valence-electron chi connectivity index (χ1n) is 11.2. The maximum absolute atomic E-state index is 14.2. The van der Waals surface area contributed by atoms with Crippen LogP contribution < -0.4 is 4.90 Å². The molecule has 2 aliphatic heterocycles. The summed E-state index contributed by atoms with van der Waals surface area (Å²) in [6.07, 6.45) is 7.80. The van der Waals surface area contributed by atoms with E-state index >= 15 is 0 Å². The minimum absolute atomic E-state index is 0.344. The molecule has 2 fully saturated rings. The quantitative estimate of drug-likeness (QED) is 0.480. The molecule has 0 radical (unpaired) electrons. The molecule has 5 heterocycles. The third-order valence-corrected chi connectivity index (χ3v) is 6.77. The van der Waals surface area contributed by atoms with Crippen LogP contribution in [0.5, 0.6) is 0 Å². The van der Waals surface area contributed by atoms with Gasteiger partial charge in [0.2, 0.25) is 0 Å². The molecule has 0 aliphatic carbocycles. The SMILES string of the molecule is CN1C2CCC1CN(c1cccc(-n3cc(-c4ccnc(-c5ccccc5F)n4)cn3)n1)C2. The number of rotatable bonds is 4. The molecule has 8 heteroatoms. The van der Waals surface area contributed by atoms with Crippen molar-refractivity contribution in [2.45, 2.75) is 24.9 Å². The van der Waals surface area contributed by atoms with Crippen molar-refractivity contribution in [1.29, 1.82) is 0 Å². The highest BCUT2D eigenvalue weighted by molar-refractivity contribution is 5.63. The van der Waals surface area contributed by atoms with Crippen molar-refractivity contribution < 1.29 is 4.39 Å². The minimum atomic E-state index is -0.344. The van der Waals surface area contributed by atoms with Crippen molar-refractivity contribution in [3.05, 3.63) is 72.9 Å². The van der Waals surface area contributed by atoms with Crippen molar-refractivity contribution >= 4 is 5.82 Å². The van der Waals surface area contributed by atoms with E-state index in [4.69, 9.17) is 4.98 Å². The molecule has 0 N–H and O–H groups in total. The van der Waals surface area contributed by atoms with Gasteiger partial charge in [0, 0.05) is 43.1 Å². The summed E-state index contributed by atoms with van der Waals surface area (Å²) in [6.45, 7) is 2.02. The van der Waals surface area contributed by atoms with Gasteiger partial charge in [0.15, 0.2) is 11.6 Å². The molecule has 0 saturated carbocycles. The molecular weight excluding hydrogens is 417 g/mol. The number of halogens is 1. The number of likely N-dealkylation sites (N-methyl/N-ethyl adjacent to an activating group) is 1. The molecule has 2 atom stereocenters. The number of hydrogen-bond acceptors (Lipinski definition) is 6. The highest BCUT2D eigenvalue weighted by Crippen LogP contribution is 2.31. The normalized spacial score (nSPS) is 20.4. The van der Waals surface area contributed by atoms with Crippen molar-refractivity contribution in [2.24, 2.45) is 0 Å². The molecule has 2 bridgehead atoms. The summed E-state index contributed by atoms with van der Waals surface area (Å²) in [5, 5.41) is 4.52. The first-order valence-corrected chi connectivity index (χ1v) is 11.2. The zero-order valence-corrected chi connectivity index (χ0v) is 18.3. The second-order valence-electron chi connectivity index (χ2n) is 8.73. The third-order valence-electron chi connectivity index (χ3n) is 6.77. The topological polar surface area (TPSA) is 63.0 Å². The van der Waals surface area contributed by atoms with Crippen LogP contribution in [-0.2, 0) is 0 Å². The molecule has 0 spiro atoms. The third kappa shape index (κ3) is 3.66. The fraction of sp³-hybridized carbons (Fsp3) is 0.280. The van der Waals surface area contributed by atoms with Crippen molar-refractivity contribution in [2.75, 3.05) is 25.0 Å². The van der Waals surface area contributed by atoms with E-state index < -0.39 is 0 Å². The van der Waals surface area contributed by atoms with E-state index in [1.165, 1.54) is 18.9 Å². The van der Waals surface area contributed by atoms with Gasteiger partial charge in [0.1, 0.15) is 11.6 Å². The number of benzene rings is 1. The fourth-order valence-corrected chi connectivity index (χ4v) is 4.89. The maximum atomic E-state index is 14.2. The monoisotopic (exact) mass is 441 g/mol. The van der Waals surface area contributed by atoms with Crippen LogP contribution in [0.3, 0.4) is 0 Å². The molecule has 3 aromatic heterocycles. The summed E-state index contributed by atoms with van der Waals surface area (Å²) in [5.41, 5.74) is 1.88.